The van der Waals surface area contributed by atoms with Gasteiger partial charge in [-0.3, -0.25) is 0 Å². The van der Waals surface area contributed by atoms with Crippen molar-refractivity contribution in [1.82, 2.24) is 5.32 Å². The summed E-state index contributed by atoms with van der Waals surface area (Å²) in [4.78, 5) is 0. The van der Waals surface area contributed by atoms with Crippen molar-refractivity contribution in [2.75, 3.05) is 6.61 Å². The molecule has 90 valence electrons. The number of para-hydroxylation sites is 1. The predicted octanol–water partition coefficient (Wildman–Crippen LogP) is 2.73. The lowest BCUT2D eigenvalue weighted by Gasteiger charge is -2.14. The standard InChI is InChI=1S/C15H19NO/c1-2-11-17-15-10-6-3-7-13(15)12-16-14-8-4-5-9-14/h1,3,6-7,10,14,16H,4-5,8-9,11-12H2. The van der Waals surface area contributed by atoms with Gasteiger partial charge in [0.1, 0.15) is 12.4 Å². The monoisotopic (exact) mass is 229 g/mol. The summed E-state index contributed by atoms with van der Waals surface area (Å²) >= 11 is 0. The second-order valence-electron chi connectivity index (χ2n) is 4.46. The van der Waals surface area contributed by atoms with Gasteiger partial charge in [-0.2, -0.15) is 0 Å². The highest BCUT2D eigenvalue weighted by atomic mass is 16.5. The normalized spacial score (nSPS) is 15.7. The highest BCUT2D eigenvalue weighted by molar-refractivity contribution is 5.33. The SMILES string of the molecule is C#CCOc1ccccc1CNC1CCCC1. The molecule has 17 heavy (non-hydrogen) atoms. The van der Waals surface area contributed by atoms with Gasteiger partial charge in [0.15, 0.2) is 0 Å². The molecular formula is C15H19NO. The third-order valence-corrected chi connectivity index (χ3v) is 3.22. The van der Waals surface area contributed by atoms with Crippen molar-refractivity contribution in [1.29, 1.82) is 0 Å². The van der Waals surface area contributed by atoms with E-state index in [9.17, 15) is 0 Å². The molecule has 0 spiro atoms. The van der Waals surface area contributed by atoms with Crippen molar-refractivity contribution in [3.05, 3.63) is 29.8 Å². The average Bonchev–Trinajstić information content (AvgIpc) is 2.88. The molecule has 0 saturated heterocycles. The second-order valence-corrected chi connectivity index (χ2v) is 4.46. The summed E-state index contributed by atoms with van der Waals surface area (Å²) in [6.45, 7) is 1.20. The Morgan fingerprint density at radius 1 is 1.29 bits per heavy atom. The van der Waals surface area contributed by atoms with E-state index >= 15 is 0 Å². The zero-order chi connectivity index (χ0) is 11.9. The summed E-state index contributed by atoms with van der Waals surface area (Å²) < 4.78 is 5.53. The van der Waals surface area contributed by atoms with E-state index in [4.69, 9.17) is 11.2 Å². The molecule has 0 radical (unpaired) electrons. The number of hydrogen-bond acceptors (Lipinski definition) is 2. The molecule has 0 aliphatic heterocycles. The number of terminal acetylenes is 1. The Bertz CT molecular complexity index is 388. The zero-order valence-corrected chi connectivity index (χ0v) is 10.1. The molecule has 0 amide bonds. The van der Waals surface area contributed by atoms with Crippen LogP contribution in [0.4, 0.5) is 0 Å². The van der Waals surface area contributed by atoms with Gasteiger partial charge in [-0.1, -0.05) is 37.0 Å². The van der Waals surface area contributed by atoms with Crippen molar-refractivity contribution >= 4 is 0 Å². The second kappa shape index (κ2) is 6.32. The first kappa shape index (κ1) is 12.0. The quantitative estimate of drug-likeness (QED) is 0.784. The Morgan fingerprint density at radius 3 is 2.82 bits per heavy atom. The van der Waals surface area contributed by atoms with Gasteiger partial charge in [-0.05, 0) is 18.9 Å². The van der Waals surface area contributed by atoms with E-state index in [1.54, 1.807) is 0 Å². The van der Waals surface area contributed by atoms with Gasteiger partial charge in [-0.15, -0.1) is 6.42 Å². The maximum absolute atomic E-state index is 5.53. The molecule has 1 aromatic carbocycles. The van der Waals surface area contributed by atoms with Gasteiger partial charge in [-0.25, -0.2) is 0 Å². The first-order valence-corrected chi connectivity index (χ1v) is 6.27. The molecule has 0 aromatic heterocycles. The maximum Gasteiger partial charge on any atom is 0.148 e. The molecule has 0 bridgehead atoms. The highest BCUT2D eigenvalue weighted by Gasteiger charge is 2.14. The fourth-order valence-corrected chi connectivity index (χ4v) is 2.29. The fraction of sp³-hybridized carbons (Fsp3) is 0.467. The van der Waals surface area contributed by atoms with Crippen LogP contribution in [0.3, 0.4) is 0 Å². The summed E-state index contributed by atoms with van der Waals surface area (Å²) in [6, 6.07) is 8.76. The van der Waals surface area contributed by atoms with Gasteiger partial charge in [0.05, 0.1) is 0 Å². The summed E-state index contributed by atoms with van der Waals surface area (Å²) in [7, 11) is 0. The molecule has 1 N–H and O–H groups in total. The van der Waals surface area contributed by atoms with E-state index < -0.39 is 0 Å². The topological polar surface area (TPSA) is 21.3 Å². The molecular weight excluding hydrogens is 210 g/mol. The molecule has 1 aliphatic rings. The lowest BCUT2D eigenvalue weighted by Crippen LogP contribution is -2.25. The van der Waals surface area contributed by atoms with E-state index in [1.165, 1.54) is 31.2 Å². The molecule has 2 heteroatoms. The Labute approximate surface area is 103 Å². The fourth-order valence-electron chi connectivity index (χ4n) is 2.29. The van der Waals surface area contributed by atoms with Crippen LogP contribution in [0.15, 0.2) is 24.3 Å². The van der Waals surface area contributed by atoms with Crippen LogP contribution < -0.4 is 10.1 Å². The highest BCUT2D eigenvalue weighted by Crippen LogP contribution is 2.21. The first-order chi connectivity index (χ1) is 8.40. The minimum absolute atomic E-state index is 0.334. The van der Waals surface area contributed by atoms with Crippen LogP contribution in [0.5, 0.6) is 5.75 Å². The van der Waals surface area contributed by atoms with Crippen LogP contribution in [0.25, 0.3) is 0 Å². The smallest absolute Gasteiger partial charge is 0.148 e. The third kappa shape index (κ3) is 3.51. The average molecular weight is 229 g/mol. The van der Waals surface area contributed by atoms with Gasteiger partial charge >= 0.3 is 0 Å². The summed E-state index contributed by atoms with van der Waals surface area (Å²) in [6.07, 6.45) is 10.5. The van der Waals surface area contributed by atoms with Crippen LogP contribution in [-0.4, -0.2) is 12.6 Å². The van der Waals surface area contributed by atoms with Crippen molar-refractivity contribution < 1.29 is 4.74 Å². The van der Waals surface area contributed by atoms with Crippen LogP contribution >= 0.6 is 0 Å². The molecule has 1 aliphatic carbocycles. The van der Waals surface area contributed by atoms with E-state index in [-0.39, 0.29) is 0 Å². The molecule has 2 nitrogen and oxygen atoms in total. The molecule has 1 fully saturated rings. The van der Waals surface area contributed by atoms with Crippen molar-refractivity contribution in [3.8, 4) is 18.1 Å². The number of hydrogen-bond donors (Lipinski definition) is 1. The molecule has 1 aromatic rings. The molecule has 2 rings (SSSR count). The lowest BCUT2D eigenvalue weighted by atomic mass is 10.1. The van der Waals surface area contributed by atoms with E-state index in [0.29, 0.717) is 12.6 Å². The van der Waals surface area contributed by atoms with Crippen LogP contribution in [0.2, 0.25) is 0 Å². The molecule has 0 unspecified atom stereocenters. The van der Waals surface area contributed by atoms with Crippen molar-refractivity contribution in [2.24, 2.45) is 0 Å². The van der Waals surface area contributed by atoms with E-state index in [0.717, 1.165) is 12.3 Å². The van der Waals surface area contributed by atoms with Gasteiger partial charge in [0.2, 0.25) is 0 Å². The van der Waals surface area contributed by atoms with Crippen molar-refractivity contribution in [3.63, 3.8) is 0 Å². The van der Waals surface area contributed by atoms with Crippen LogP contribution in [0, 0.1) is 12.3 Å². The Balaban J connectivity index is 1.92. The Kier molecular flexibility index (Phi) is 4.46. The Morgan fingerprint density at radius 2 is 2.06 bits per heavy atom. The number of ether oxygens (including phenoxy) is 1. The van der Waals surface area contributed by atoms with Gasteiger partial charge in [0.25, 0.3) is 0 Å². The first-order valence-electron chi connectivity index (χ1n) is 6.27. The lowest BCUT2D eigenvalue weighted by molar-refractivity contribution is 0.363. The van der Waals surface area contributed by atoms with Crippen molar-refractivity contribution in [2.45, 2.75) is 38.3 Å². The number of nitrogens with one attached hydrogen (secondary N) is 1. The maximum atomic E-state index is 5.53. The van der Waals surface area contributed by atoms with E-state index in [1.807, 2.05) is 18.2 Å². The molecule has 0 atom stereocenters. The minimum Gasteiger partial charge on any atom is -0.481 e. The third-order valence-electron chi connectivity index (χ3n) is 3.22. The number of rotatable bonds is 5. The van der Waals surface area contributed by atoms with Crippen LogP contribution in [-0.2, 0) is 6.54 Å². The van der Waals surface area contributed by atoms with E-state index in [2.05, 4.69) is 17.3 Å². The van der Waals surface area contributed by atoms with Crippen LogP contribution in [0.1, 0.15) is 31.2 Å². The summed E-state index contributed by atoms with van der Waals surface area (Å²) in [5.74, 6) is 3.40. The molecule has 1 saturated carbocycles. The summed E-state index contributed by atoms with van der Waals surface area (Å²) in [5.41, 5.74) is 1.19. The summed E-state index contributed by atoms with van der Waals surface area (Å²) in [5, 5.41) is 3.58. The predicted molar refractivity (Wildman–Crippen MR) is 69.9 cm³/mol. The Hall–Kier alpha value is -1.46. The van der Waals surface area contributed by atoms with Gasteiger partial charge in [0, 0.05) is 18.2 Å². The zero-order valence-electron chi connectivity index (χ0n) is 10.1. The minimum atomic E-state index is 0.334. The largest absolute Gasteiger partial charge is 0.481 e. The van der Waals surface area contributed by atoms with Gasteiger partial charge < -0.3 is 10.1 Å². The molecule has 0 heterocycles. The number of benzene rings is 1.